The van der Waals surface area contributed by atoms with Crippen molar-refractivity contribution in [3.05, 3.63) is 29.0 Å². The molecule has 1 atom stereocenters. The van der Waals surface area contributed by atoms with E-state index >= 15 is 0 Å². The maximum absolute atomic E-state index is 6.26. The number of nitrogens with one attached hydrogen (secondary N) is 1. The average molecular weight is 297 g/mol. The number of aromatic nitrogens is 1. The lowest BCUT2D eigenvalue weighted by Crippen LogP contribution is -2.54. The van der Waals surface area contributed by atoms with Crippen LogP contribution in [0.5, 0.6) is 0 Å². The van der Waals surface area contributed by atoms with Crippen molar-refractivity contribution in [3.63, 3.8) is 0 Å². The molecule has 3 nitrogen and oxygen atoms in total. The first-order valence-corrected chi connectivity index (χ1v) is 7.96. The molecule has 0 amide bonds. The van der Waals surface area contributed by atoms with E-state index in [0.29, 0.717) is 6.04 Å². The van der Waals surface area contributed by atoms with Crippen LogP contribution in [-0.4, -0.2) is 30.3 Å². The molecule has 0 aliphatic heterocycles. The van der Waals surface area contributed by atoms with Crippen molar-refractivity contribution in [2.75, 3.05) is 13.7 Å². The number of pyridine rings is 1. The largest absolute Gasteiger partial charge is 0.377 e. The molecule has 1 aromatic heterocycles. The molecule has 1 aromatic rings. The fraction of sp³-hybridized carbons (Fsp3) is 0.688. The second kappa shape index (κ2) is 7.39. The van der Waals surface area contributed by atoms with Crippen LogP contribution in [0, 0.1) is 0 Å². The van der Waals surface area contributed by atoms with Gasteiger partial charge >= 0.3 is 0 Å². The monoisotopic (exact) mass is 296 g/mol. The van der Waals surface area contributed by atoms with E-state index in [0.717, 1.165) is 36.4 Å². The molecule has 0 bridgehead atoms. The smallest absolute Gasteiger partial charge is 0.0834 e. The number of likely N-dealkylation sites (N-methyl/N-ethyl adjacent to an activating group) is 1. The van der Waals surface area contributed by atoms with Crippen molar-refractivity contribution >= 4 is 11.6 Å². The lowest BCUT2D eigenvalue weighted by Gasteiger charge is -2.43. The quantitative estimate of drug-likeness (QED) is 0.871. The normalized spacial score (nSPS) is 19.8. The number of ether oxygens (including phenoxy) is 1. The van der Waals surface area contributed by atoms with Gasteiger partial charge in [0, 0.05) is 25.5 Å². The molecule has 1 saturated carbocycles. The summed E-state index contributed by atoms with van der Waals surface area (Å²) >= 11 is 6.26. The summed E-state index contributed by atoms with van der Waals surface area (Å²) in [5.41, 5.74) is 1.09. The lowest BCUT2D eigenvalue weighted by molar-refractivity contribution is -0.0669. The molecule has 1 aliphatic carbocycles. The summed E-state index contributed by atoms with van der Waals surface area (Å²) in [4.78, 5) is 4.06. The zero-order chi connectivity index (χ0) is 14.4. The predicted molar refractivity (Wildman–Crippen MR) is 83.2 cm³/mol. The predicted octanol–water partition coefficient (Wildman–Crippen LogP) is 3.60. The van der Waals surface area contributed by atoms with Crippen LogP contribution < -0.4 is 5.32 Å². The molecule has 20 heavy (non-hydrogen) atoms. The van der Waals surface area contributed by atoms with Crippen molar-refractivity contribution in [2.45, 2.75) is 57.1 Å². The van der Waals surface area contributed by atoms with E-state index in [1.165, 1.54) is 19.3 Å². The molecular weight excluding hydrogens is 272 g/mol. The van der Waals surface area contributed by atoms with E-state index in [9.17, 15) is 0 Å². The van der Waals surface area contributed by atoms with E-state index in [-0.39, 0.29) is 5.60 Å². The Balaban J connectivity index is 2.19. The second-order valence-corrected chi connectivity index (χ2v) is 6.02. The molecule has 112 valence electrons. The summed E-state index contributed by atoms with van der Waals surface area (Å²) in [6.45, 7) is 3.09. The first kappa shape index (κ1) is 15.7. The highest BCUT2D eigenvalue weighted by molar-refractivity contribution is 6.31. The molecule has 1 unspecified atom stereocenters. The summed E-state index contributed by atoms with van der Waals surface area (Å²) in [6.07, 6.45) is 10.5. The van der Waals surface area contributed by atoms with Gasteiger partial charge < -0.3 is 10.1 Å². The Labute approximate surface area is 127 Å². The van der Waals surface area contributed by atoms with Crippen LogP contribution in [-0.2, 0) is 11.2 Å². The zero-order valence-electron chi connectivity index (χ0n) is 12.5. The summed E-state index contributed by atoms with van der Waals surface area (Å²) < 4.78 is 5.98. The molecular formula is C16H25ClN2O. The summed E-state index contributed by atoms with van der Waals surface area (Å²) in [5.74, 6) is 0. The number of nitrogens with zero attached hydrogens (tertiary/aromatic N) is 1. The molecule has 1 fully saturated rings. The molecule has 2 rings (SSSR count). The molecule has 0 radical (unpaired) electrons. The van der Waals surface area contributed by atoms with Crippen molar-refractivity contribution in [2.24, 2.45) is 0 Å². The molecule has 0 spiro atoms. The summed E-state index contributed by atoms with van der Waals surface area (Å²) in [5, 5.41) is 4.36. The van der Waals surface area contributed by atoms with Gasteiger partial charge in [-0.3, -0.25) is 4.98 Å². The van der Waals surface area contributed by atoms with Gasteiger partial charge in [0.25, 0.3) is 0 Å². The number of hydrogen-bond acceptors (Lipinski definition) is 3. The van der Waals surface area contributed by atoms with Crippen LogP contribution in [0.2, 0.25) is 5.02 Å². The Hall–Kier alpha value is -0.640. The van der Waals surface area contributed by atoms with Gasteiger partial charge in [-0.05, 0) is 37.4 Å². The fourth-order valence-corrected chi connectivity index (χ4v) is 3.52. The standard InChI is InChI=1S/C16H25ClN2O/c1-3-19-15(11-13-7-10-18-12-14(13)17)16(20-2)8-5-4-6-9-16/h7,10,12,15,19H,3-6,8-9,11H2,1-2H3. The Kier molecular flexibility index (Phi) is 5.82. The Morgan fingerprint density at radius 2 is 2.15 bits per heavy atom. The van der Waals surface area contributed by atoms with Gasteiger partial charge in [-0.2, -0.15) is 0 Å². The highest BCUT2D eigenvalue weighted by atomic mass is 35.5. The highest BCUT2D eigenvalue weighted by Crippen LogP contribution is 2.35. The number of hydrogen-bond donors (Lipinski definition) is 1. The van der Waals surface area contributed by atoms with E-state index < -0.39 is 0 Å². The molecule has 4 heteroatoms. The molecule has 0 saturated heterocycles. The van der Waals surface area contributed by atoms with E-state index in [2.05, 4.69) is 17.2 Å². The van der Waals surface area contributed by atoms with Crippen LogP contribution in [0.25, 0.3) is 0 Å². The van der Waals surface area contributed by atoms with Gasteiger partial charge in [0.05, 0.1) is 10.6 Å². The molecule has 1 N–H and O–H groups in total. The van der Waals surface area contributed by atoms with Gasteiger partial charge in [-0.15, -0.1) is 0 Å². The zero-order valence-corrected chi connectivity index (χ0v) is 13.2. The first-order valence-electron chi connectivity index (χ1n) is 7.59. The molecule has 0 aromatic carbocycles. The third-order valence-electron chi connectivity index (χ3n) is 4.47. The van der Waals surface area contributed by atoms with Gasteiger partial charge in [-0.25, -0.2) is 0 Å². The van der Waals surface area contributed by atoms with Crippen LogP contribution in [0.3, 0.4) is 0 Å². The lowest BCUT2D eigenvalue weighted by atomic mass is 9.77. The van der Waals surface area contributed by atoms with Crippen LogP contribution in [0.1, 0.15) is 44.6 Å². The SMILES string of the molecule is CCNC(Cc1ccncc1Cl)C1(OC)CCCCC1. The maximum atomic E-state index is 6.26. The van der Waals surface area contributed by atoms with Crippen molar-refractivity contribution in [1.82, 2.24) is 10.3 Å². The van der Waals surface area contributed by atoms with Crippen molar-refractivity contribution in [1.29, 1.82) is 0 Å². The van der Waals surface area contributed by atoms with Gasteiger partial charge in [0.2, 0.25) is 0 Å². The Morgan fingerprint density at radius 3 is 2.75 bits per heavy atom. The number of halogens is 1. The molecule has 1 heterocycles. The van der Waals surface area contributed by atoms with Crippen LogP contribution >= 0.6 is 11.6 Å². The average Bonchev–Trinajstić information content (AvgIpc) is 2.49. The molecule has 1 aliphatic rings. The minimum atomic E-state index is -0.0547. The third-order valence-corrected chi connectivity index (χ3v) is 4.81. The fourth-order valence-electron chi connectivity index (χ4n) is 3.33. The first-order chi connectivity index (χ1) is 9.72. The summed E-state index contributed by atoms with van der Waals surface area (Å²) in [6, 6.07) is 2.32. The van der Waals surface area contributed by atoms with Crippen molar-refractivity contribution in [3.8, 4) is 0 Å². The minimum absolute atomic E-state index is 0.0547. The second-order valence-electron chi connectivity index (χ2n) is 5.61. The topological polar surface area (TPSA) is 34.2 Å². The number of methoxy groups -OCH3 is 1. The Morgan fingerprint density at radius 1 is 1.40 bits per heavy atom. The summed E-state index contributed by atoms with van der Waals surface area (Å²) in [7, 11) is 1.85. The third kappa shape index (κ3) is 3.51. The van der Waals surface area contributed by atoms with E-state index in [4.69, 9.17) is 16.3 Å². The van der Waals surface area contributed by atoms with Crippen LogP contribution in [0.15, 0.2) is 18.5 Å². The van der Waals surface area contributed by atoms with Crippen molar-refractivity contribution < 1.29 is 4.74 Å². The Bertz CT molecular complexity index is 419. The van der Waals surface area contributed by atoms with Gasteiger partial charge in [0.15, 0.2) is 0 Å². The maximum Gasteiger partial charge on any atom is 0.0834 e. The van der Waals surface area contributed by atoms with Crippen LogP contribution in [0.4, 0.5) is 0 Å². The van der Waals surface area contributed by atoms with E-state index in [1.807, 2.05) is 19.4 Å². The minimum Gasteiger partial charge on any atom is -0.377 e. The highest BCUT2D eigenvalue weighted by Gasteiger charge is 2.39. The van der Waals surface area contributed by atoms with Gasteiger partial charge in [0.1, 0.15) is 0 Å². The van der Waals surface area contributed by atoms with E-state index in [1.54, 1.807) is 6.20 Å². The number of rotatable bonds is 6. The van der Waals surface area contributed by atoms with Gasteiger partial charge in [-0.1, -0.05) is 37.8 Å².